The standard InChI is InChI=1S/C13H19ClO2/c1-11(10-14)9-12-5-3-4-6-13(12)16-8-7-15-2/h3-6,11H,7-10H2,1-2H3. The second-order valence-electron chi connectivity index (χ2n) is 3.91. The predicted octanol–water partition coefficient (Wildman–Crippen LogP) is 3.13. The molecular formula is C13H19ClO2. The molecule has 1 aromatic rings. The summed E-state index contributed by atoms with van der Waals surface area (Å²) in [5, 5.41) is 0. The van der Waals surface area contributed by atoms with Crippen LogP contribution in [0.2, 0.25) is 0 Å². The van der Waals surface area contributed by atoms with E-state index < -0.39 is 0 Å². The summed E-state index contributed by atoms with van der Waals surface area (Å²) in [7, 11) is 1.67. The summed E-state index contributed by atoms with van der Waals surface area (Å²) in [6.07, 6.45) is 0.951. The van der Waals surface area contributed by atoms with Gasteiger partial charge in [-0.05, 0) is 24.0 Å². The molecule has 0 N–H and O–H groups in total. The van der Waals surface area contributed by atoms with Crippen LogP contribution in [0.15, 0.2) is 24.3 Å². The molecule has 16 heavy (non-hydrogen) atoms. The molecule has 1 atom stereocenters. The van der Waals surface area contributed by atoms with Crippen molar-refractivity contribution >= 4 is 11.6 Å². The Morgan fingerprint density at radius 2 is 2.00 bits per heavy atom. The third-order valence-electron chi connectivity index (χ3n) is 2.35. The molecule has 0 saturated carbocycles. The van der Waals surface area contributed by atoms with Gasteiger partial charge in [0.25, 0.3) is 0 Å². The third kappa shape index (κ3) is 4.42. The Kier molecular flexibility index (Phi) is 6.27. The molecule has 0 aliphatic heterocycles. The van der Waals surface area contributed by atoms with Crippen LogP contribution in [0.3, 0.4) is 0 Å². The van der Waals surface area contributed by atoms with E-state index in [-0.39, 0.29) is 0 Å². The Labute approximate surface area is 103 Å². The molecule has 1 aromatic carbocycles. The maximum Gasteiger partial charge on any atom is 0.122 e. The molecule has 0 aliphatic rings. The number of halogens is 1. The van der Waals surface area contributed by atoms with Crippen molar-refractivity contribution in [2.24, 2.45) is 5.92 Å². The van der Waals surface area contributed by atoms with Crippen LogP contribution in [-0.4, -0.2) is 26.2 Å². The molecule has 1 unspecified atom stereocenters. The van der Waals surface area contributed by atoms with Crippen molar-refractivity contribution in [3.8, 4) is 5.75 Å². The first-order chi connectivity index (χ1) is 7.77. The third-order valence-corrected chi connectivity index (χ3v) is 2.88. The lowest BCUT2D eigenvalue weighted by Crippen LogP contribution is -2.08. The molecule has 1 rings (SSSR count). The first-order valence-electron chi connectivity index (χ1n) is 5.53. The summed E-state index contributed by atoms with van der Waals surface area (Å²) in [4.78, 5) is 0. The van der Waals surface area contributed by atoms with Crippen LogP contribution in [0, 0.1) is 5.92 Å². The fourth-order valence-corrected chi connectivity index (χ4v) is 1.59. The van der Waals surface area contributed by atoms with Crippen LogP contribution < -0.4 is 4.74 Å². The van der Waals surface area contributed by atoms with Gasteiger partial charge < -0.3 is 9.47 Å². The Morgan fingerprint density at radius 1 is 1.25 bits per heavy atom. The van der Waals surface area contributed by atoms with Crippen LogP contribution in [0.25, 0.3) is 0 Å². The summed E-state index contributed by atoms with van der Waals surface area (Å²) in [6.45, 7) is 3.33. The summed E-state index contributed by atoms with van der Waals surface area (Å²) >= 11 is 5.82. The van der Waals surface area contributed by atoms with Gasteiger partial charge in [0.15, 0.2) is 0 Å². The zero-order chi connectivity index (χ0) is 11.8. The zero-order valence-electron chi connectivity index (χ0n) is 9.91. The molecule has 0 heterocycles. The van der Waals surface area contributed by atoms with E-state index in [1.54, 1.807) is 7.11 Å². The number of benzene rings is 1. The van der Waals surface area contributed by atoms with Gasteiger partial charge in [-0.25, -0.2) is 0 Å². The molecule has 0 amide bonds. The van der Waals surface area contributed by atoms with Crippen molar-refractivity contribution in [2.75, 3.05) is 26.2 Å². The molecule has 90 valence electrons. The second kappa shape index (κ2) is 7.53. The number of methoxy groups -OCH3 is 1. The van der Waals surface area contributed by atoms with Gasteiger partial charge in [0.1, 0.15) is 12.4 Å². The maximum atomic E-state index is 5.82. The fraction of sp³-hybridized carbons (Fsp3) is 0.538. The average Bonchev–Trinajstić information content (AvgIpc) is 2.31. The minimum Gasteiger partial charge on any atom is -0.491 e. The molecule has 3 heteroatoms. The highest BCUT2D eigenvalue weighted by Crippen LogP contribution is 2.21. The van der Waals surface area contributed by atoms with Crippen LogP contribution >= 0.6 is 11.6 Å². The Bertz CT molecular complexity index is 302. The number of hydrogen-bond acceptors (Lipinski definition) is 2. The lowest BCUT2D eigenvalue weighted by molar-refractivity contribution is 0.145. The largest absolute Gasteiger partial charge is 0.491 e. The molecule has 0 bridgehead atoms. The first kappa shape index (κ1) is 13.3. The lowest BCUT2D eigenvalue weighted by atomic mass is 10.0. The van der Waals surface area contributed by atoms with Gasteiger partial charge in [-0.15, -0.1) is 11.6 Å². The summed E-state index contributed by atoms with van der Waals surface area (Å²) in [6, 6.07) is 8.09. The van der Waals surface area contributed by atoms with E-state index >= 15 is 0 Å². The zero-order valence-corrected chi connectivity index (χ0v) is 10.7. The highest BCUT2D eigenvalue weighted by atomic mass is 35.5. The smallest absolute Gasteiger partial charge is 0.122 e. The number of hydrogen-bond donors (Lipinski definition) is 0. The van der Waals surface area contributed by atoms with E-state index in [1.165, 1.54) is 5.56 Å². The van der Waals surface area contributed by atoms with Gasteiger partial charge in [-0.3, -0.25) is 0 Å². The highest BCUT2D eigenvalue weighted by molar-refractivity contribution is 6.18. The van der Waals surface area contributed by atoms with Gasteiger partial charge in [0, 0.05) is 13.0 Å². The van der Waals surface area contributed by atoms with Crippen molar-refractivity contribution in [2.45, 2.75) is 13.3 Å². The Balaban J connectivity index is 2.60. The van der Waals surface area contributed by atoms with Gasteiger partial charge in [-0.1, -0.05) is 25.1 Å². The summed E-state index contributed by atoms with van der Waals surface area (Å²) in [5.41, 5.74) is 1.21. The van der Waals surface area contributed by atoms with Crippen LogP contribution in [0.5, 0.6) is 5.75 Å². The average molecular weight is 243 g/mol. The number of para-hydroxylation sites is 1. The summed E-state index contributed by atoms with van der Waals surface area (Å²) in [5.74, 6) is 2.08. The van der Waals surface area contributed by atoms with Crippen LogP contribution in [0.1, 0.15) is 12.5 Å². The topological polar surface area (TPSA) is 18.5 Å². The Morgan fingerprint density at radius 3 is 2.69 bits per heavy atom. The molecule has 0 aromatic heterocycles. The van der Waals surface area contributed by atoms with Gasteiger partial charge in [-0.2, -0.15) is 0 Å². The quantitative estimate of drug-likeness (QED) is 0.540. The maximum absolute atomic E-state index is 5.82. The Hall–Kier alpha value is -0.730. The highest BCUT2D eigenvalue weighted by Gasteiger charge is 2.07. The molecule has 0 radical (unpaired) electrons. The summed E-state index contributed by atoms with van der Waals surface area (Å²) < 4.78 is 10.6. The van der Waals surface area contributed by atoms with Crippen molar-refractivity contribution < 1.29 is 9.47 Å². The van der Waals surface area contributed by atoms with Crippen molar-refractivity contribution in [1.29, 1.82) is 0 Å². The fourth-order valence-electron chi connectivity index (χ4n) is 1.48. The van der Waals surface area contributed by atoms with E-state index in [9.17, 15) is 0 Å². The molecule has 0 fully saturated rings. The normalized spacial score (nSPS) is 12.4. The van der Waals surface area contributed by atoms with Crippen LogP contribution in [0.4, 0.5) is 0 Å². The second-order valence-corrected chi connectivity index (χ2v) is 4.22. The van der Waals surface area contributed by atoms with Crippen molar-refractivity contribution in [1.82, 2.24) is 0 Å². The van der Waals surface area contributed by atoms with E-state index in [0.717, 1.165) is 12.2 Å². The number of alkyl halides is 1. The van der Waals surface area contributed by atoms with E-state index in [2.05, 4.69) is 13.0 Å². The number of ether oxygens (including phenoxy) is 2. The molecular weight excluding hydrogens is 224 g/mol. The number of rotatable bonds is 7. The van der Waals surface area contributed by atoms with Crippen LogP contribution in [-0.2, 0) is 11.2 Å². The van der Waals surface area contributed by atoms with Gasteiger partial charge in [0.2, 0.25) is 0 Å². The SMILES string of the molecule is COCCOc1ccccc1CC(C)CCl. The minimum absolute atomic E-state index is 0.467. The predicted molar refractivity (Wildman–Crippen MR) is 67.4 cm³/mol. The van der Waals surface area contributed by atoms with Crippen molar-refractivity contribution in [3.05, 3.63) is 29.8 Å². The van der Waals surface area contributed by atoms with E-state index in [1.807, 2.05) is 18.2 Å². The first-order valence-corrected chi connectivity index (χ1v) is 6.07. The lowest BCUT2D eigenvalue weighted by Gasteiger charge is -2.13. The molecule has 0 saturated heterocycles. The minimum atomic E-state index is 0.467. The van der Waals surface area contributed by atoms with Gasteiger partial charge >= 0.3 is 0 Å². The van der Waals surface area contributed by atoms with Gasteiger partial charge in [0.05, 0.1) is 6.61 Å². The van der Waals surface area contributed by atoms with E-state index in [4.69, 9.17) is 21.1 Å². The van der Waals surface area contributed by atoms with Crippen molar-refractivity contribution in [3.63, 3.8) is 0 Å². The van der Waals surface area contributed by atoms with E-state index in [0.29, 0.717) is 25.0 Å². The monoisotopic (exact) mass is 242 g/mol. The molecule has 2 nitrogen and oxygen atoms in total. The molecule has 0 spiro atoms. The molecule has 0 aliphatic carbocycles.